The van der Waals surface area contributed by atoms with E-state index in [1.165, 1.54) is 12.7 Å². The van der Waals surface area contributed by atoms with Gasteiger partial charge in [-0.2, -0.15) is 0 Å². The summed E-state index contributed by atoms with van der Waals surface area (Å²) in [5, 5.41) is 20.6. The molecule has 1 aliphatic heterocycles. The van der Waals surface area contributed by atoms with Gasteiger partial charge < -0.3 is 30.4 Å². The Morgan fingerprint density at radius 3 is 2.88 bits per heavy atom. The zero-order chi connectivity index (χ0) is 17.3. The van der Waals surface area contributed by atoms with Crippen molar-refractivity contribution in [1.29, 1.82) is 0 Å². The molecule has 2 aromatic heterocycles. The number of hydrogen-bond acceptors (Lipinski definition) is 10. The Bertz CT molecular complexity index is 696. The number of nitrogens with zero attached hydrogens (tertiary/aromatic N) is 5. The number of hydrogen-bond donors (Lipinski definition) is 4. The molecule has 3 rings (SSSR count). The van der Waals surface area contributed by atoms with Gasteiger partial charge in [0.25, 0.3) is 0 Å². The maximum atomic E-state index is 10.4. The lowest BCUT2D eigenvalue weighted by Gasteiger charge is -2.22. The summed E-state index contributed by atoms with van der Waals surface area (Å²) >= 11 is 0. The van der Waals surface area contributed by atoms with Crippen LogP contribution >= 0.6 is 0 Å². The second-order valence-electron chi connectivity index (χ2n) is 5.76. The number of aromatic nitrogens is 4. The van der Waals surface area contributed by atoms with Crippen LogP contribution in [-0.4, -0.2) is 79.7 Å². The SMILES string of the molecule is CN(CCON)CC1OC(n2cnc3c(N)ncnc32)C(O)C1O. The third kappa shape index (κ3) is 3.05. The van der Waals surface area contributed by atoms with Gasteiger partial charge in [0.15, 0.2) is 17.7 Å². The molecule has 24 heavy (non-hydrogen) atoms. The summed E-state index contributed by atoms with van der Waals surface area (Å²) in [4.78, 5) is 18.6. The zero-order valence-electron chi connectivity index (χ0n) is 13.2. The number of fused-ring (bicyclic) bond motifs is 1. The lowest BCUT2D eigenvalue weighted by molar-refractivity contribution is -0.0436. The van der Waals surface area contributed by atoms with E-state index in [4.69, 9.17) is 16.4 Å². The number of nitrogens with two attached hydrogens (primary N) is 2. The minimum Gasteiger partial charge on any atom is -0.387 e. The van der Waals surface area contributed by atoms with Crippen molar-refractivity contribution in [3.8, 4) is 0 Å². The molecule has 3 heterocycles. The van der Waals surface area contributed by atoms with Gasteiger partial charge in [0.05, 0.1) is 12.9 Å². The molecule has 132 valence electrons. The summed E-state index contributed by atoms with van der Waals surface area (Å²) in [5.74, 6) is 5.25. The Labute approximate surface area is 137 Å². The van der Waals surface area contributed by atoms with Crippen LogP contribution in [0, 0.1) is 0 Å². The van der Waals surface area contributed by atoms with Gasteiger partial charge in [-0.25, -0.2) is 20.8 Å². The van der Waals surface area contributed by atoms with Gasteiger partial charge >= 0.3 is 0 Å². The van der Waals surface area contributed by atoms with Gasteiger partial charge in [0, 0.05) is 13.1 Å². The highest BCUT2D eigenvalue weighted by Gasteiger charge is 2.44. The van der Waals surface area contributed by atoms with Gasteiger partial charge in [-0.1, -0.05) is 0 Å². The first-order chi connectivity index (χ1) is 11.5. The summed E-state index contributed by atoms with van der Waals surface area (Å²) in [6.45, 7) is 1.33. The smallest absolute Gasteiger partial charge is 0.167 e. The Balaban J connectivity index is 1.78. The fourth-order valence-corrected chi connectivity index (χ4v) is 2.77. The largest absolute Gasteiger partial charge is 0.387 e. The van der Waals surface area contributed by atoms with Crippen molar-refractivity contribution >= 4 is 17.0 Å². The monoisotopic (exact) mass is 339 g/mol. The Morgan fingerprint density at radius 2 is 2.12 bits per heavy atom. The highest BCUT2D eigenvalue weighted by Crippen LogP contribution is 2.32. The van der Waals surface area contributed by atoms with Crippen molar-refractivity contribution in [2.24, 2.45) is 5.90 Å². The Morgan fingerprint density at radius 1 is 1.33 bits per heavy atom. The summed E-state index contributed by atoms with van der Waals surface area (Å²) in [5.41, 5.74) is 6.62. The molecular formula is C13H21N7O4. The molecule has 0 aliphatic carbocycles. The molecule has 11 heteroatoms. The van der Waals surface area contributed by atoms with Crippen LogP contribution in [0.1, 0.15) is 6.23 Å². The van der Waals surface area contributed by atoms with E-state index >= 15 is 0 Å². The molecule has 0 radical (unpaired) electrons. The molecule has 2 aromatic rings. The van der Waals surface area contributed by atoms with Crippen LogP contribution < -0.4 is 11.6 Å². The summed E-state index contributed by atoms with van der Waals surface area (Å²) < 4.78 is 7.38. The lowest BCUT2D eigenvalue weighted by Crippen LogP contribution is -2.39. The minimum atomic E-state index is -1.12. The third-order valence-corrected chi connectivity index (χ3v) is 4.08. The number of rotatable bonds is 6. The topological polar surface area (TPSA) is 158 Å². The number of likely N-dealkylation sites (N-methyl/N-ethyl adjacent to an activating group) is 1. The molecule has 0 spiro atoms. The van der Waals surface area contributed by atoms with Crippen LogP contribution in [0.5, 0.6) is 0 Å². The summed E-state index contributed by atoms with van der Waals surface area (Å²) in [7, 11) is 1.84. The van der Waals surface area contributed by atoms with Crippen molar-refractivity contribution in [3.05, 3.63) is 12.7 Å². The molecule has 0 amide bonds. The number of nitrogen functional groups attached to an aromatic ring is 1. The summed E-state index contributed by atoms with van der Waals surface area (Å²) in [6, 6.07) is 0. The van der Waals surface area contributed by atoms with Crippen LogP contribution in [-0.2, 0) is 9.57 Å². The fraction of sp³-hybridized carbons (Fsp3) is 0.615. The van der Waals surface area contributed by atoms with Crippen molar-refractivity contribution < 1.29 is 19.8 Å². The highest BCUT2D eigenvalue weighted by molar-refractivity contribution is 5.81. The second-order valence-corrected chi connectivity index (χ2v) is 5.76. The number of ether oxygens (including phenoxy) is 1. The van der Waals surface area contributed by atoms with Crippen molar-refractivity contribution in [3.63, 3.8) is 0 Å². The van der Waals surface area contributed by atoms with Crippen LogP contribution in [0.25, 0.3) is 11.2 Å². The van der Waals surface area contributed by atoms with Gasteiger partial charge in [-0.3, -0.25) is 4.57 Å². The van der Waals surface area contributed by atoms with Crippen LogP contribution in [0.4, 0.5) is 5.82 Å². The van der Waals surface area contributed by atoms with Crippen LogP contribution in [0.15, 0.2) is 12.7 Å². The van der Waals surface area contributed by atoms with Crippen molar-refractivity contribution in [2.45, 2.75) is 24.5 Å². The van der Waals surface area contributed by atoms with E-state index in [9.17, 15) is 10.2 Å². The predicted molar refractivity (Wildman–Crippen MR) is 83.3 cm³/mol. The maximum absolute atomic E-state index is 10.4. The standard InChI is InChI=1S/C13H21N7O4/c1-19(2-3-23-15)4-7-9(21)10(22)13(24-7)20-6-18-8-11(14)16-5-17-12(8)20/h5-7,9-10,13,21-22H,2-4,15H2,1H3,(H2,14,16,17). The highest BCUT2D eigenvalue weighted by atomic mass is 16.6. The normalized spacial score (nSPS) is 27.4. The Hall–Kier alpha value is -1.89. The van der Waals surface area contributed by atoms with Crippen LogP contribution in [0.2, 0.25) is 0 Å². The van der Waals surface area contributed by atoms with E-state index < -0.39 is 24.5 Å². The average molecular weight is 339 g/mol. The van der Waals surface area contributed by atoms with E-state index in [0.717, 1.165) is 0 Å². The number of aliphatic hydroxyl groups is 2. The lowest BCUT2D eigenvalue weighted by atomic mass is 10.1. The van der Waals surface area contributed by atoms with E-state index in [2.05, 4.69) is 19.8 Å². The Kier molecular flexibility index (Phi) is 4.89. The number of anilines is 1. The number of aliphatic hydroxyl groups excluding tert-OH is 2. The zero-order valence-corrected chi connectivity index (χ0v) is 13.2. The predicted octanol–water partition coefficient (Wildman–Crippen LogP) is -2.15. The molecule has 4 unspecified atom stereocenters. The van der Waals surface area contributed by atoms with E-state index in [-0.39, 0.29) is 5.82 Å². The molecule has 11 nitrogen and oxygen atoms in total. The molecule has 1 fully saturated rings. The molecule has 6 N–H and O–H groups in total. The van der Waals surface area contributed by atoms with Crippen molar-refractivity contribution in [1.82, 2.24) is 24.4 Å². The first-order valence-corrected chi connectivity index (χ1v) is 7.47. The fourth-order valence-electron chi connectivity index (χ4n) is 2.77. The minimum absolute atomic E-state index is 0.241. The van der Waals surface area contributed by atoms with Gasteiger partial charge in [-0.05, 0) is 7.05 Å². The molecule has 0 saturated carbocycles. The quantitative estimate of drug-likeness (QED) is 0.427. The first kappa shape index (κ1) is 17.0. The molecule has 1 saturated heterocycles. The third-order valence-electron chi connectivity index (χ3n) is 4.08. The van der Waals surface area contributed by atoms with Gasteiger partial charge in [0.2, 0.25) is 0 Å². The van der Waals surface area contributed by atoms with E-state index in [1.54, 1.807) is 4.57 Å². The molecule has 1 aliphatic rings. The molecular weight excluding hydrogens is 318 g/mol. The number of imidazole rings is 1. The summed E-state index contributed by atoms with van der Waals surface area (Å²) in [6.07, 6.45) is -0.792. The molecule has 4 atom stereocenters. The second kappa shape index (κ2) is 6.93. The first-order valence-electron chi connectivity index (χ1n) is 7.47. The molecule has 0 bridgehead atoms. The maximum Gasteiger partial charge on any atom is 0.167 e. The van der Waals surface area contributed by atoms with Crippen LogP contribution in [0.3, 0.4) is 0 Å². The molecule has 0 aromatic carbocycles. The van der Waals surface area contributed by atoms with E-state index in [1.807, 2.05) is 11.9 Å². The van der Waals surface area contributed by atoms with Crippen molar-refractivity contribution in [2.75, 3.05) is 32.5 Å². The van der Waals surface area contributed by atoms with Gasteiger partial charge in [-0.15, -0.1) is 0 Å². The van der Waals surface area contributed by atoms with Gasteiger partial charge in [0.1, 0.15) is 30.2 Å². The average Bonchev–Trinajstić information content (AvgIpc) is 3.10. The van der Waals surface area contributed by atoms with E-state index in [0.29, 0.717) is 30.9 Å².